The highest BCUT2D eigenvalue weighted by Gasteiger charge is 2.11. The lowest BCUT2D eigenvalue weighted by Crippen LogP contribution is -2.16. The predicted octanol–water partition coefficient (Wildman–Crippen LogP) is 2.40. The molecule has 0 heterocycles. The summed E-state index contributed by atoms with van der Waals surface area (Å²) in [5.41, 5.74) is 0.0403. The fourth-order valence-electron chi connectivity index (χ4n) is 0.347. The maximum absolute atomic E-state index is 10.5. The van der Waals surface area contributed by atoms with Crippen LogP contribution in [0.25, 0.3) is 0 Å². The number of hydrogen-bond donors (Lipinski definition) is 0. The SMILES string of the molecule is C.C=CC(=O)OCC(C)(C)C. The van der Waals surface area contributed by atoms with Gasteiger partial charge in [0, 0.05) is 6.08 Å². The average Bonchev–Trinajstić information content (AvgIpc) is 1.81. The summed E-state index contributed by atoms with van der Waals surface area (Å²) in [7, 11) is 0. The molecule has 0 amide bonds. The van der Waals surface area contributed by atoms with Gasteiger partial charge in [-0.1, -0.05) is 34.8 Å². The zero-order valence-electron chi connectivity index (χ0n) is 6.81. The second-order valence-corrected chi connectivity index (χ2v) is 3.37. The molecule has 0 saturated heterocycles. The molecule has 0 saturated carbocycles. The Morgan fingerprint density at radius 3 is 2.27 bits per heavy atom. The minimum absolute atomic E-state index is 0. The van der Waals surface area contributed by atoms with Gasteiger partial charge in [0.1, 0.15) is 0 Å². The van der Waals surface area contributed by atoms with Crippen molar-refractivity contribution in [1.82, 2.24) is 0 Å². The molecule has 0 aromatic heterocycles. The first-order chi connectivity index (χ1) is 4.45. The van der Waals surface area contributed by atoms with E-state index in [1.54, 1.807) is 0 Å². The van der Waals surface area contributed by atoms with Crippen molar-refractivity contribution in [3.8, 4) is 0 Å². The van der Waals surface area contributed by atoms with Gasteiger partial charge in [-0.05, 0) is 5.41 Å². The first-order valence-corrected chi connectivity index (χ1v) is 3.25. The fourth-order valence-corrected chi connectivity index (χ4v) is 0.347. The highest BCUT2D eigenvalue weighted by Crippen LogP contribution is 2.12. The van der Waals surface area contributed by atoms with Crippen LogP contribution in [-0.4, -0.2) is 12.6 Å². The van der Waals surface area contributed by atoms with Crippen molar-refractivity contribution in [2.45, 2.75) is 28.2 Å². The number of ether oxygens (including phenoxy) is 1. The number of carbonyl (C=O) groups excluding carboxylic acids is 1. The minimum atomic E-state index is -0.352. The summed E-state index contributed by atoms with van der Waals surface area (Å²) in [4.78, 5) is 10.5. The van der Waals surface area contributed by atoms with Gasteiger partial charge in [0.05, 0.1) is 6.61 Å². The lowest BCUT2D eigenvalue weighted by molar-refractivity contribution is -0.140. The van der Waals surface area contributed by atoms with Crippen molar-refractivity contribution in [3.05, 3.63) is 12.7 Å². The first kappa shape index (κ1) is 12.8. The Kier molecular flexibility index (Phi) is 5.77. The van der Waals surface area contributed by atoms with Crippen LogP contribution in [0.2, 0.25) is 0 Å². The van der Waals surface area contributed by atoms with Crippen LogP contribution in [-0.2, 0) is 9.53 Å². The molecule has 0 aromatic rings. The molecule has 66 valence electrons. The summed E-state index contributed by atoms with van der Waals surface area (Å²) in [5, 5.41) is 0. The molecule has 0 aliphatic rings. The van der Waals surface area contributed by atoms with Gasteiger partial charge in [-0.2, -0.15) is 0 Å². The van der Waals surface area contributed by atoms with Crippen LogP contribution in [0.4, 0.5) is 0 Å². The van der Waals surface area contributed by atoms with Gasteiger partial charge in [0.25, 0.3) is 0 Å². The summed E-state index contributed by atoms with van der Waals surface area (Å²) in [6, 6.07) is 0. The molecule has 0 fully saturated rings. The Hall–Kier alpha value is -0.790. The van der Waals surface area contributed by atoms with Gasteiger partial charge in [0.2, 0.25) is 0 Å². The first-order valence-electron chi connectivity index (χ1n) is 3.25. The van der Waals surface area contributed by atoms with Crippen LogP contribution >= 0.6 is 0 Å². The molecule has 0 N–H and O–H groups in total. The normalized spacial score (nSPS) is 9.73. The second kappa shape index (κ2) is 4.94. The summed E-state index contributed by atoms with van der Waals surface area (Å²) in [5.74, 6) is -0.352. The van der Waals surface area contributed by atoms with Gasteiger partial charge in [-0.25, -0.2) is 4.79 Å². The molecule has 2 nitrogen and oxygen atoms in total. The molecular formula is C9H18O2. The highest BCUT2D eigenvalue weighted by molar-refractivity contribution is 5.81. The van der Waals surface area contributed by atoms with Crippen molar-refractivity contribution in [2.75, 3.05) is 6.61 Å². The molecule has 0 spiro atoms. The number of rotatable bonds is 2. The molecule has 0 aromatic carbocycles. The van der Waals surface area contributed by atoms with Gasteiger partial charge >= 0.3 is 5.97 Å². The Bertz CT molecular complexity index is 131. The molecule has 0 radical (unpaired) electrons. The van der Waals surface area contributed by atoms with E-state index in [2.05, 4.69) is 6.58 Å². The van der Waals surface area contributed by atoms with Crippen molar-refractivity contribution in [2.24, 2.45) is 5.41 Å². The quantitative estimate of drug-likeness (QED) is 0.455. The molecule has 0 rings (SSSR count). The van der Waals surface area contributed by atoms with E-state index in [-0.39, 0.29) is 18.8 Å². The van der Waals surface area contributed by atoms with E-state index in [1.807, 2.05) is 20.8 Å². The zero-order valence-corrected chi connectivity index (χ0v) is 6.81. The summed E-state index contributed by atoms with van der Waals surface area (Å²) < 4.78 is 4.80. The van der Waals surface area contributed by atoms with Gasteiger partial charge < -0.3 is 4.74 Å². The Morgan fingerprint density at radius 2 is 2.00 bits per heavy atom. The standard InChI is InChI=1S/C8H14O2.CH4/c1-5-7(9)10-6-8(2,3)4;/h5H,1,6H2,2-4H3;1H4. The maximum atomic E-state index is 10.5. The average molecular weight is 158 g/mol. The smallest absolute Gasteiger partial charge is 0.330 e. The summed E-state index contributed by atoms with van der Waals surface area (Å²) >= 11 is 0. The third-order valence-electron chi connectivity index (χ3n) is 0.814. The third kappa shape index (κ3) is 9.21. The molecule has 0 aliphatic heterocycles. The van der Waals surface area contributed by atoms with Crippen LogP contribution < -0.4 is 0 Å². The lowest BCUT2D eigenvalue weighted by atomic mass is 9.99. The third-order valence-corrected chi connectivity index (χ3v) is 0.814. The van der Waals surface area contributed by atoms with Crippen LogP contribution in [0.1, 0.15) is 28.2 Å². The van der Waals surface area contributed by atoms with Crippen LogP contribution in [0.5, 0.6) is 0 Å². The van der Waals surface area contributed by atoms with Crippen LogP contribution in [0.3, 0.4) is 0 Å². The van der Waals surface area contributed by atoms with E-state index < -0.39 is 0 Å². The Morgan fingerprint density at radius 1 is 1.55 bits per heavy atom. The van der Waals surface area contributed by atoms with E-state index in [0.29, 0.717) is 6.61 Å². The monoisotopic (exact) mass is 158 g/mol. The molecular weight excluding hydrogens is 140 g/mol. The number of carbonyl (C=O) groups is 1. The molecule has 0 bridgehead atoms. The maximum Gasteiger partial charge on any atom is 0.330 e. The molecule has 0 atom stereocenters. The van der Waals surface area contributed by atoms with Gasteiger partial charge in [0.15, 0.2) is 0 Å². The van der Waals surface area contributed by atoms with E-state index in [0.717, 1.165) is 0 Å². The van der Waals surface area contributed by atoms with Crippen molar-refractivity contribution in [1.29, 1.82) is 0 Å². The molecule has 2 heteroatoms. The topological polar surface area (TPSA) is 26.3 Å². The van der Waals surface area contributed by atoms with E-state index >= 15 is 0 Å². The number of esters is 1. The molecule has 0 unspecified atom stereocenters. The van der Waals surface area contributed by atoms with E-state index in [4.69, 9.17) is 4.74 Å². The number of hydrogen-bond acceptors (Lipinski definition) is 2. The predicted molar refractivity (Wildman–Crippen MR) is 47.3 cm³/mol. The van der Waals surface area contributed by atoms with Crippen molar-refractivity contribution in [3.63, 3.8) is 0 Å². The largest absolute Gasteiger partial charge is 0.462 e. The van der Waals surface area contributed by atoms with Crippen LogP contribution in [0, 0.1) is 5.41 Å². The second-order valence-electron chi connectivity index (χ2n) is 3.37. The van der Waals surface area contributed by atoms with E-state index in [1.165, 1.54) is 6.08 Å². The van der Waals surface area contributed by atoms with E-state index in [9.17, 15) is 4.79 Å². The Balaban J connectivity index is 0. The van der Waals surface area contributed by atoms with Crippen LogP contribution in [0.15, 0.2) is 12.7 Å². The Labute approximate surface area is 69.3 Å². The highest BCUT2D eigenvalue weighted by atomic mass is 16.5. The zero-order chi connectivity index (χ0) is 8.20. The lowest BCUT2D eigenvalue weighted by Gasteiger charge is -2.16. The fraction of sp³-hybridized carbons (Fsp3) is 0.667. The van der Waals surface area contributed by atoms with Crippen molar-refractivity contribution >= 4 is 5.97 Å². The molecule has 11 heavy (non-hydrogen) atoms. The molecule has 0 aliphatic carbocycles. The van der Waals surface area contributed by atoms with Crippen molar-refractivity contribution < 1.29 is 9.53 Å². The van der Waals surface area contributed by atoms with Gasteiger partial charge in [-0.15, -0.1) is 0 Å². The van der Waals surface area contributed by atoms with Gasteiger partial charge in [-0.3, -0.25) is 0 Å². The minimum Gasteiger partial charge on any atom is -0.462 e. The summed E-state index contributed by atoms with van der Waals surface area (Å²) in [6.45, 7) is 9.74. The summed E-state index contributed by atoms with van der Waals surface area (Å²) in [6.07, 6.45) is 1.17.